The van der Waals surface area contributed by atoms with Crippen molar-refractivity contribution < 1.29 is 42.1 Å². The third kappa shape index (κ3) is 6.39. The van der Waals surface area contributed by atoms with Crippen molar-refractivity contribution in [1.29, 1.82) is 0 Å². The van der Waals surface area contributed by atoms with Gasteiger partial charge in [-0.3, -0.25) is 4.79 Å². The number of ether oxygens (including phenoxy) is 3. The number of halogens is 3. The van der Waals surface area contributed by atoms with Crippen LogP contribution < -0.4 is 14.8 Å². The van der Waals surface area contributed by atoms with E-state index in [2.05, 4.69) is 5.32 Å². The third-order valence-corrected chi connectivity index (χ3v) is 4.48. The van der Waals surface area contributed by atoms with Crippen LogP contribution in [0.1, 0.15) is 0 Å². The van der Waals surface area contributed by atoms with Crippen molar-refractivity contribution in [2.45, 2.75) is 6.18 Å². The third-order valence-electron chi connectivity index (χ3n) is 4.48. The molecule has 0 aliphatic carbocycles. The molecule has 0 aromatic heterocycles. The van der Waals surface area contributed by atoms with Crippen molar-refractivity contribution in [3.05, 3.63) is 59.8 Å². The highest BCUT2D eigenvalue weighted by molar-refractivity contribution is 6.08. The Morgan fingerprint density at radius 1 is 1.12 bits per heavy atom. The normalized spacial score (nSPS) is 13.8. The number of hydrogen-bond acceptors (Lipinski definition) is 7. The van der Waals surface area contributed by atoms with Crippen molar-refractivity contribution >= 4 is 17.6 Å². The second kappa shape index (κ2) is 10.3. The largest absolute Gasteiger partial charge is 0.484 e. The van der Waals surface area contributed by atoms with Crippen molar-refractivity contribution in [2.24, 2.45) is 0 Å². The number of nitrogens with zero attached hydrogens (tertiary/aromatic N) is 1. The zero-order valence-corrected chi connectivity index (χ0v) is 17.5. The average Bonchev–Trinajstić information content (AvgIpc) is 3.07. The van der Waals surface area contributed by atoms with Crippen LogP contribution in [-0.2, 0) is 14.3 Å². The van der Waals surface area contributed by atoms with Gasteiger partial charge in [0.05, 0.1) is 25.8 Å². The van der Waals surface area contributed by atoms with Crippen molar-refractivity contribution in [3.63, 3.8) is 0 Å². The first kappa shape index (κ1) is 23.9. The van der Waals surface area contributed by atoms with E-state index < -0.39 is 24.7 Å². The van der Waals surface area contributed by atoms with E-state index in [4.69, 9.17) is 19.3 Å². The van der Waals surface area contributed by atoms with Crippen LogP contribution in [0.25, 0.3) is 0 Å². The van der Waals surface area contributed by atoms with Crippen LogP contribution in [0, 0.1) is 0 Å². The summed E-state index contributed by atoms with van der Waals surface area (Å²) in [6.45, 7) is -1.95. The summed E-state index contributed by atoms with van der Waals surface area (Å²) in [5, 5.41) is 11.9. The second-order valence-electron chi connectivity index (χ2n) is 6.93. The Kier molecular flexibility index (Phi) is 7.44. The predicted octanol–water partition coefficient (Wildman–Crippen LogP) is 3.09. The van der Waals surface area contributed by atoms with Crippen molar-refractivity contribution in [1.82, 2.24) is 4.90 Å². The molecule has 8 nitrogen and oxygen atoms in total. The first-order chi connectivity index (χ1) is 15.7. The van der Waals surface area contributed by atoms with Crippen LogP contribution >= 0.6 is 0 Å². The topological polar surface area (TPSA) is 97.3 Å². The summed E-state index contributed by atoms with van der Waals surface area (Å²) in [6.07, 6.45) is -4.56. The first-order valence-electron chi connectivity index (χ1n) is 9.76. The Morgan fingerprint density at radius 3 is 2.45 bits per heavy atom. The zero-order valence-electron chi connectivity index (χ0n) is 17.5. The number of benzene rings is 2. The van der Waals surface area contributed by atoms with Gasteiger partial charge in [-0.2, -0.15) is 13.2 Å². The Hall–Kier alpha value is -3.73. The van der Waals surface area contributed by atoms with Gasteiger partial charge in [-0.1, -0.05) is 18.2 Å². The average molecular weight is 466 g/mol. The van der Waals surface area contributed by atoms with Crippen molar-refractivity contribution in [3.8, 4) is 17.2 Å². The number of rotatable bonds is 9. The van der Waals surface area contributed by atoms with Gasteiger partial charge < -0.3 is 29.5 Å². The van der Waals surface area contributed by atoms with Crippen LogP contribution in [0.4, 0.5) is 18.9 Å². The monoisotopic (exact) mass is 466 g/mol. The number of hydrogen-bond donors (Lipinski definition) is 2. The van der Waals surface area contributed by atoms with E-state index in [1.54, 1.807) is 30.3 Å². The molecule has 11 heteroatoms. The predicted molar refractivity (Wildman–Crippen MR) is 111 cm³/mol. The minimum atomic E-state index is -4.56. The highest BCUT2D eigenvalue weighted by Crippen LogP contribution is 2.32. The standard InChI is InChI=1S/C22H21F3N2O6/c1-31-21(30)18-12-27(7-8-28)20(29)19(18)26-14-9-16(32-13-22(23,24)25)11-17(10-14)33-15-5-3-2-4-6-15/h2-6,9-11,26,28H,7-8,12-13H2,1H3. The lowest BCUT2D eigenvalue weighted by Gasteiger charge is -2.16. The Bertz CT molecular complexity index is 1040. The molecule has 2 N–H and O–H groups in total. The molecule has 0 saturated heterocycles. The molecule has 3 rings (SSSR count). The van der Waals surface area contributed by atoms with Gasteiger partial charge in [-0.15, -0.1) is 0 Å². The minimum Gasteiger partial charge on any atom is -0.484 e. The first-order valence-corrected chi connectivity index (χ1v) is 9.76. The summed E-state index contributed by atoms with van der Waals surface area (Å²) in [7, 11) is 1.16. The van der Waals surface area contributed by atoms with Gasteiger partial charge in [0.15, 0.2) is 6.61 Å². The quantitative estimate of drug-likeness (QED) is 0.548. The summed E-state index contributed by atoms with van der Waals surface area (Å²) in [6, 6.07) is 12.5. The Morgan fingerprint density at radius 2 is 1.82 bits per heavy atom. The lowest BCUT2D eigenvalue weighted by atomic mass is 10.2. The number of methoxy groups -OCH3 is 1. The van der Waals surface area contributed by atoms with E-state index in [-0.39, 0.29) is 48.2 Å². The highest BCUT2D eigenvalue weighted by Gasteiger charge is 2.34. The maximum absolute atomic E-state index is 12.7. The van der Waals surface area contributed by atoms with Gasteiger partial charge in [0.25, 0.3) is 5.91 Å². The van der Waals surface area contributed by atoms with Gasteiger partial charge in [0.1, 0.15) is 22.9 Å². The Balaban J connectivity index is 1.94. The molecule has 0 fully saturated rings. The van der Waals surface area contributed by atoms with Gasteiger partial charge >= 0.3 is 12.1 Å². The number of aliphatic hydroxyl groups is 1. The summed E-state index contributed by atoms with van der Waals surface area (Å²) in [5.41, 5.74) is 0.0493. The molecule has 2 aromatic rings. The van der Waals surface area contributed by atoms with E-state index in [1.807, 2.05) is 0 Å². The zero-order chi connectivity index (χ0) is 24.0. The molecule has 1 heterocycles. The van der Waals surface area contributed by atoms with Gasteiger partial charge in [-0.25, -0.2) is 4.79 Å². The smallest absolute Gasteiger partial charge is 0.422 e. The molecular weight excluding hydrogens is 445 g/mol. The van der Waals surface area contributed by atoms with Gasteiger partial charge in [0.2, 0.25) is 0 Å². The van der Waals surface area contributed by atoms with Crippen LogP contribution in [0.3, 0.4) is 0 Å². The summed E-state index contributed by atoms with van der Waals surface area (Å²) in [4.78, 5) is 26.1. The molecule has 0 spiro atoms. The fourth-order valence-corrected chi connectivity index (χ4v) is 3.07. The number of carbonyl (C=O) groups is 2. The van der Waals surface area contributed by atoms with E-state index in [1.165, 1.54) is 23.1 Å². The van der Waals surface area contributed by atoms with Crippen LogP contribution in [-0.4, -0.2) is 61.5 Å². The number of aliphatic hydroxyl groups excluding tert-OH is 1. The van der Waals surface area contributed by atoms with E-state index in [0.717, 1.165) is 7.11 Å². The molecule has 0 atom stereocenters. The Labute approximate surface area is 187 Å². The molecule has 0 radical (unpaired) electrons. The number of anilines is 1. The lowest BCUT2D eigenvalue weighted by molar-refractivity contribution is -0.153. The molecule has 0 bridgehead atoms. The second-order valence-corrected chi connectivity index (χ2v) is 6.93. The fourth-order valence-electron chi connectivity index (χ4n) is 3.07. The maximum atomic E-state index is 12.7. The number of β-amino-alcohol motifs (C(OH)–C–C–N with tert-alkyl or cyclic N) is 1. The van der Waals surface area contributed by atoms with E-state index >= 15 is 0 Å². The van der Waals surface area contributed by atoms with Crippen LogP contribution in [0.15, 0.2) is 59.8 Å². The lowest BCUT2D eigenvalue weighted by Crippen LogP contribution is -2.31. The molecule has 1 aliphatic heterocycles. The van der Waals surface area contributed by atoms with Gasteiger partial charge in [-0.05, 0) is 12.1 Å². The maximum Gasteiger partial charge on any atom is 0.422 e. The number of carbonyl (C=O) groups excluding carboxylic acids is 2. The molecule has 1 aliphatic rings. The minimum absolute atomic E-state index is 0.0123. The number of para-hydroxylation sites is 1. The number of nitrogens with one attached hydrogen (secondary N) is 1. The van der Waals surface area contributed by atoms with E-state index in [9.17, 15) is 22.8 Å². The molecule has 0 unspecified atom stereocenters. The molecule has 1 amide bonds. The highest BCUT2D eigenvalue weighted by atomic mass is 19.4. The molecule has 2 aromatic carbocycles. The van der Waals surface area contributed by atoms with Crippen LogP contribution in [0.2, 0.25) is 0 Å². The number of amides is 1. The molecule has 176 valence electrons. The number of alkyl halides is 3. The number of esters is 1. The van der Waals surface area contributed by atoms with E-state index in [0.29, 0.717) is 5.75 Å². The molecule has 33 heavy (non-hydrogen) atoms. The van der Waals surface area contributed by atoms with Crippen LogP contribution in [0.5, 0.6) is 17.2 Å². The summed E-state index contributed by atoms with van der Waals surface area (Å²) in [5.74, 6) is -0.924. The summed E-state index contributed by atoms with van der Waals surface area (Å²) < 4.78 is 53.3. The molecular formula is C22H21F3N2O6. The molecule has 0 saturated carbocycles. The SMILES string of the molecule is COC(=O)C1=C(Nc2cc(OCC(F)(F)F)cc(Oc3ccccc3)c2)C(=O)N(CCO)C1. The fraction of sp³-hybridized carbons (Fsp3) is 0.273. The van der Waals surface area contributed by atoms with Crippen molar-refractivity contribution in [2.75, 3.05) is 38.7 Å². The van der Waals surface area contributed by atoms with Gasteiger partial charge in [0, 0.05) is 30.4 Å². The summed E-state index contributed by atoms with van der Waals surface area (Å²) >= 11 is 0.